The van der Waals surface area contributed by atoms with E-state index < -0.39 is 0 Å². The van der Waals surface area contributed by atoms with Crippen molar-refractivity contribution in [3.63, 3.8) is 0 Å². The molecule has 1 heterocycles. The first-order valence-corrected chi connectivity index (χ1v) is 4.03. The van der Waals surface area contributed by atoms with E-state index in [1.54, 1.807) is 6.07 Å². The molecule has 0 saturated carbocycles. The van der Waals surface area contributed by atoms with Crippen LogP contribution in [-0.2, 0) is 6.54 Å². The van der Waals surface area contributed by atoms with E-state index in [0.717, 1.165) is 18.8 Å². The molecule has 0 spiro atoms. The first kappa shape index (κ1) is 8.62. The zero-order chi connectivity index (χ0) is 8.27. The van der Waals surface area contributed by atoms with Gasteiger partial charge in [-0.3, -0.25) is 4.90 Å². The Kier molecular flexibility index (Phi) is 2.97. The van der Waals surface area contributed by atoms with Crippen molar-refractivity contribution in [2.45, 2.75) is 13.5 Å². The molecule has 0 aliphatic carbocycles. The predicted molar refractivity (Wildman–Crippen MR) is 45.7 cm³/mol. The highest BCUT2D eigenvalue weighted by molar-refractivity contribution is 6.28. The molecular weight excluding hydrogens is 162 g/mol. The van der Waals surface area contributed by atoms with Gasteiger partial charge in [-0.05, 0) is 37.3 Å². The number of hydrogen-bond donors (Lipinski definition) is 0. The Morgan fingerprint density at radius 3 is 2.73 bits per heavy atom. The van der Waals surface area contributed by atoms with E-state index >= 15 is 0 Å². The van der Waals surface area contributed by atoms with E-state index in [9.17, 15) is 0 Å². The first-order valence-electron chi connectivity index (χ1n) is 3.65. The Labute approximate surface area is 71.7 Å². The van der Waals surface area contributed by atoms with Gasteiger partial charge in [0.1, 0.15) is 5.76 Å². The van der Waals surface area contributed by atoms with Crippen LogP contribution in [0, 0.1) is 0 Å². The molecule has 0 aliphatic rings. The molecule has 62 valence electrons. The normalized spacial score (nSPS) is 10.9. The van der Waals surface area contributed by atoms with Crippen LogP contribution in [0.25, 0.3) is 0 Å². The maximum absolute atomic E-state index is 5.60. The largest absolute Gasteiger partial charge is 0.448 e. The second-order valence-electron chi connectivity index (χ2n) is 2.54. The minimum Gasteiger partial charge on any atom is -0.448 e. The minimum absolute atomic E-state index is 0.463. The van der Waals surface area contributed by atoms with Gasteiger partial charge < -0.3 is 4.42 Å². The molecule has 0 saturated heterocycles. The second kappa shape index (κ2) is 3.79. The molecule has 1 aromatic heterocycles. The highest BCUT2D eigenvalue weighted by Crippen LogP contribution is 2.13. The van der Waals surface area contributed by atoms with E-state index in [-0.39, 0.29) is 0 Å². The molecule has 0 radical (unpaired) electrons. The molecular formula is C8H12ClNO. The summed E-state index contributed by atoms with van der Waals surface area (Å²) in [5, 5.41) is 0.463. The predicted octanol–water partition coefficient (Wildman–Crippen LogP) is 2.38. The van der Waals surface area contributed by atoms with Crippen LogP contribution in [0.2, 0.25) is 5.22 Å². The average Bonchev–Trinajstić information content (AvgIpc) is 2.35. The van der Waals surface area contributed by atoms with E-state index in [1.807, 2.05) is 13.1 Å². The molecule has 0 aliphatic heterocycles. The maximum Gasteiger partial charge on any atom is 0.193 e. The van der Waals surface area contributed by atoms with Gasteiger partial charge in [0.05, 0.1) is 6.54 Å². The van der Waals surface area contributed by atoms with Crippen LogP contribution in [0.5, 0.6) is 0 Å². The third-order valence-corrected chi connectivity index (χ3v) is 1.80. The lowest BCUT2D eigenvalue weighted by atomic mass is 10.4. The fourth-order valence-electron chi connectivity index (χ4n) is 0.815. The molecule has 0 atom stereocenters. The molecule has 0 fully saturated rings. The van der Waals surface area contributed by atoms with Crippen molar-refractivity contribution in [3.8, 4) is 0 Å². The van der Waals surface area contributed by atoms with Gasteiger partial charge in [-0.15, -0.1) is 0 Å². The third kappa shape index (κ3) is 2.56. The quantitative estimate of drug-likeness (QED) is 0.698. The fourth-order valence-corrected chi connectivity index (χ4v) is 0.977. The molecule has 1 rings (SSSR count). The lowest BCUT2D eigenvalue weighted by molar-refractivity contribution is 0.309. The molecule has 11 heavy (non-hydrogen) atoms. The zero-order valence-electron chi connectivity index (χ0n) is 6.80. The van der Waals surface area contributed by atoms with Crippen LogP contribution in [0.1, 0.15) is 12.7 Å². The number of nitrogens with zero attached hydrogens (tertiary/aromatic N) is 1. The van der Waals surface area contributed by atoms with Crippen LogP contribution in [0.4, 0.5) is 0 Å². The molecule has 1 aromatic rings. The highest BCUT2D eigenvalue weighted by atomic mass is 35.5. The zero-order valence-corrected chi connectivity index (χ0v) is 7.56. The molecule has 0 amide bonds. The summed E-state index contributed by atoms with van der Waals surface area (Å²) >= 11 is 5.60. The van der Waals surface area contributed by atoms with Crippen LogP contribution in [-0.4, -0.2) is 18.5 Å². The number of hydrogen-bond acceptors (Lipinski definition) is 2. The fraction of sp³-hybridized carbons (Fsp3) is 0.500. The maximum atomic E-state index is 5.60. The third-order valence-electron chi connectivity index (χ3n) is 1.59. The summed E-state index contributed by atoms with van der Waals surface area (Å²) in [5.74, 6) is 0.916. The van der Waals surface area contributed by atoms with Crippen LogP contribution < -0.4 is 0 Å². The van der Waals surface area contributed by atoms with Gasteiger partial charge in [0.2, 0.25) is 0 Å². The molecule has 2 nitrogen and oxygen atoms in total. The average molecular weight is 174 g/mol. The summed E-state index contributed by atoms with van der Waals surface area (Å²) in [5.41, 5.74) is 0. The first-order chi connectivity index (χ1) is 5.22. The molecule has 0 unspecified atom stereocenters. The van der Waals surface area contributed by atoms with Gasteiger partial charge >= 0.3 is 0 Å². The van der Waals surface area contributed by atoms with Gasteiger partial charge in [-0.25, -0.2) is 0 Å². The molecule has 0 N–H and O–H groups in total. The van der Waals surface area contributed by atoms with Gasteiger partial charge in [-0.1, -0.05) is 6.92 Å². The topological polar surface area (TPSA) is 16.4 Å². The number of furan rings is 1. The van der Waals surface area contributed by atoms with Crippen molar-refractivity contribution < 1.29 is 4.42 Å². The van der Waals surface area contributed by atoms with Crippen LogP contribution in [0.3, 0.4) is 0 Å². The lowest BCUT2D eigenvalue weighted by Crippen LogP contribution is -2.16. The van der Waals surface area contributed by atoms with Gasteiger partial charge in [0.25, 0.3) is 0 Å². The monoisotopic (exact) mass is 173 g/mol. The van der Waals surface area contributed by atoms with Gasteiger partial charge in [0, 0.05) is 0 Å². The number of halogens is 1. The van der Waals surface area contributed by atoms with Crippen molar-refractivity contribution in [3.05, 3.63) is 23.1 Å². The van der Waals surface area contributed by atoms with Crippen LogP contribution in [0.15, 0.2) is 16.5 Å². The minimum atomic E-state index is 0.463. The van der Waals surface area contributed by atoms with E-state index in [1.165, 1.54) is 0 Å². The molecule has 3 heteroatoms. The van der Waals surface area contributed by atoms with Gasteiger partial charge in [-0.2, -0.15) is 0 Å². The van der Waals surface area contributed by atoms with E-state index in [4.69, 9.17) is 16.0 Å². The smallest absolute Gasteiger partial charge is 0.193 e. The summed E-state index contributed by atoms with van der Waals surface area (Å²) in [6.07, 6.45) is 0. The summed E-state index contributed by atoms with van der Waals surface area (Å²) in [7, 11) is 2.04. The van der Waals surface area contributed by atoms with Crippen molar-refractivity contribution in [2.24, 2.45) is 0 Å². The highest BCUT2D eigenvalue weighted by Gasteiger charge is 2.01. The Balaban J connectivity index is 2.50. The summed E-state index contributed by atoms with van der Waals surface area (Å²) in [6.45, 7) is 3.94. The SMILES string of the molecule is CCN(C)Cc1ccc(Cl)o1. The van der Waals surface area contributed by atoms with Crippen molar-refractivity contribution >= 4 is 11.6 Å². The van der Waals surface area contributed by atoms with Gasteiger partial charge in [0.15, 0.2) is 5.22 Å². The van der Waals surface area contributed by atoms with Crippen molar-refractivity contribution in [1.82, 2.24) is 4.90 Å². The lowest BCUT2D eigenvalue weighted by Gasteiger charge is -2.10. The Hall–Kier alpha value is -0.470. The summed E-state index contributed by atoms with van der Waals surface area (Å²) < 4.78 is 5.18. The molecule has 0 aromatic carbocycles. The molecule has 0 bridgehead atoms. The van der Waals surface area contributed by atoms with Crippen molar-refractivity contribution in [2.75, 3.05) is 13.6 Å². The van der Waals surface area contributed by atoms with Crippen LogP contribution >= 0.6 is 11.6 Å². The Morgan fingerprint density at radius 2 is 2.27 bits per heavy atom. The summed E-state index contributed by atoms with van der Waals surface area (Å²) in [4.78, 5) is 2.15. The Morgan fingerprint density at radius 1 is 1.55 bits per heavy atom. The van der Waals surface area contributed by atoms with Crippen molar-refractivity contribution in [1.29, 1.82) is 0 Å². The second-order valence-corrected chi connectivity index (χ2v) is 2.91. The standard InChI is InChI=1S/C8H12ClNO/c1-3-10(2)6-7-4-5-8(9)11-7/h4-5H,3,6H2,1-2H3. The van der Waals surface area contributed by atoms with E-state index in [2.05, 4.69) is 11.8 Å². The summed E-state index contributed by atoms with van der Waals surface area (Å²) in [6, 6.07) is 3.66. The van der Waals surface area contributed by atoms with E-state index in [0.29, 0.717) is 5.22 Å². The number of rotatable bonds is 3. The Bertz CT molecular complexity index is 222.